The molecule has 0 aliphatic rings. The molecule has 0 saturated carbocycles. The molecule has 0 unspecified atom stereocenters. The van der Waals surface area contributed by atoms with Crippen LogP contribution in [0.15, 0.2) is 66.0 Å². The molecule has 0 amide bonds. The third-order valence-corrected chi connectivity index (χ3v) is 3.87. The molecule has 2 heteroatoms. The topological polar surface area (TPSA) is 12.0 Å². The van der Waals surface area contributed by atoms with E-state index in [1.807, 2.05) is 7.05 Å². The normalized spacial score (nSPS) is 9.94. The smallest absolute Gasteiger partial charge is 0.0596 e. The van der Waals surface area contributed by atoms with Gasteiger partial charge in [0.15, 0.2) is 0 Å². The van der Waals surface area contributed by atoms with Crippen LogP contribution in [0.1, 0.15) is 11.1 Å². The van der Waals surface area contributed by atoms with Crippen LogP contribution in [0.3, 0.4) is 0 Å². The Kier molecular flexibility index (Phi) is 3.78. The monoisotopic (exact) mass is 239 g/mol. The Hall–Kier alpha value is -1.80. The van der Waals surface area contributed by atoms with Crippen molar-refractivity contribution in [2.24, 2.45) is 0 Å². The van der Waals surface area contributed by atoms with Gasteiger partial charge in [0.25, 0.3) is 0 Å². The molecular formula is C15H17NSi. The summed E-state index contributed by atoms with van der Waals surface area (Å²) in [6, 6.07) is 21.1. The standard InChI is InChI=1S/C15H17NSi/c1-16-15(17)14(12-8-4-2-5-9-12)13-10-6-3-7-11-13/h2-11,16H,1,17H3. The van der Waals surface area contributed by atoms with Crippen LogP contribution in [0.4, 0.5) is 0 Å². The summed E-state index contributed by atoms with van der Waals surface area (Å²) in [6.07, 6.45) is 0. The third-order valence-electron chi connectivity index (χ3n) is 2.87. The van der Waals surface area contributed by atoms with Crippen LogP contribution >= 0.6 is 0 Å². The van der Waals surface area contributed by atoms with Crippen LogP contribution in [0, 0.1) is 0 Å². The minimum absolute atomic E-state index is 1.01. The van der Waals surface area contributed by atoms with Gasteiger partial charge in [0.1, 0.15) is 0 Å². The maximum Gasteiger partial charge on any atom is 0.0596 e. The lowest BCUT2D eigenvalue weighted by atomic mass is 9.99. The molecule has 0 atom stereocenters. The minimum Gasteiger partial charge on any atom is -0.395 e. The molecular weight excluding hydrogens is 222 g/mol. The van der Waals surface area contributed by atoms with Crippen molar-refractivity contribution in [3.05, 3.63) is 77.1 Å². The predicted molar refractivity (Wildman–Crippen MR) is 77.9 cm³/mol. The SMILES string of the molecule is CNC([SiH3])=C(c1ccccc1)c1ccccc1. The van der Waals surface area contributed by atoms with Crippen molar-refractivity contribution in [3.63, 3.8) is 0 Å². The highest BCUT2D eigenvalue weighted by molar-refractivity contribution is 6.26. The zero-order valence-corrected chi connectivity index (χ0v) is 12.3. The van der Waals surface area contributed by atoms with Crippen LogP contribution in [0.25, 0.3) is 5.57 Å². The first-order chi connectivity index (χ1) is 8.33. The highest BCUT2D eigenvalue weighted by atomic mass is 28.1. The molecule has 0 aliphatic carbocycles. The minimum atomic E-state index is 1.01. The second-order valence-corrected chi connectivity index (χ2v) is 4.98. The van der Waals surface area contributed by atoms with Gasteiger partial charge in [-0.05, 0) is 16.4 Å². The Morgan fingerprint density at radius 1 is 0.824 bits per heavy atom. The van der Waals surface area contributed by atoms with Crippen LogP contribution < -0.4 is 5.32 Å². The first-order valence-electron chi connectivity index (χ1n) is 5.82. The molecule has 0 heterocycles. The maximum absolute atomic E-state index is 3.30. The Balaban J connectivity index is 2.56. The summed E-state index contributed by atoms with van der Waals surface area (Å²) in [5.41, 5.74) is 3.87. The Labute approximate surface area is 106 Å². The van der Waals surface area contributed by atoms with Gasteiger partial charge in [-0.2, -0.15) is 0 Å². The van der Waals surface area contributed by atoms with E-state index in [-0.39, 0.29) is 0 Å². The summed E-state index contributed by atoms with van der Waals surface area (Å²) in [7, 11) is 3.01. The van der Waals surface area contributed by atoms with Crippen molar-refractivity contribution in [2.45, 2.75) is 0 Å². The second-order valence-electron chi connectivity index (χ2n) is 3.98. The number of rotatable bonds is 3. The molecule has 0 radical (unpaired) electrons. The van der Waals surface area contributed by atoms with Gasteiger partial charge in [-0.15, -0.1) is 0 Å². The van der Waals surface area contributed by atoms with Crippen molar-refractivity contribution < 1.29 is 0 Å². The quantitative estimate of drug-likeness (QED) is 0.808. The van der Waals surface area contributed by atoms with Gasteiger partial charge < -0.3 is 5.32 Å². The molecule has 0 aliphatic heterocycles. The average molecular weight is 239 g/mol. The molecule has 1 N–H and O–H groups in total. The summed E-state index contributed by atoms with van der Waals surface area (Å²) in [5.74, 6) is 0. The molecule has 0 bridgehead atoms. The van der Waals surface area contributed by atoms with Crippen LogP contribution in [-0.2, 0) is 0 Å². The van der Waals surface area contributed by atoms with E-state index in [0.717, 1.165) is 10.2 Å². The molecule has 2 aromatic carbocycles. The lowest BCUT2D eigenvalue weighted by Crippen LogP contribution is -2.09. The van der Waals surface area contributed by atoms with E-state index < -0.39 is 0 Å². The van der Waals surface area contributed by atoms with Crippen molar-refractivity contribution in [3.8, 4) is 0 Å². The number of hydrogen-bond acceptors (Lipinski definition) is 1. The van der Waals surface area contributed by atoms with Gasteiger partial charge in [-0.25, -0.2) is 0 Å². The molecule has 0 fully saturated rings. The molecule has 2 rings (SSSR count). The summed E-state index contributed by atoms with van der Waals surface area (Å²) in [4.78, 5) is 0. The van der Waals surface area contributed by atoms with Crippen LogP contribution in [-0.4, -0.2) is 17.3 Å². The summed E-state index contributed by atoms with van der Waals surface area (Å²) >= 11 is 0. The van der Waals surface area contributed by atoms with E-state index in [4.69, 9.17) is 0 Å². The zero-order chi connectivity index (χ0) is 12.1. The second kappa shape index (κ2) is 5.50. The van der Waals surface area contributed by atoms with E-state index in [0.29, 0.717) is 0 Å². The van der Waals surface area contributed by atoms with Crippen LogP contribution in [0.2, 0.25) is 0 Å². The van der Waals surface area contributed by atoms with Gasteiger partial charge in [-0.3, -0.25) is 0 Å². The lowest BCUT2D eigenvalue weighted by Gasteiger charge is -2.13. The fraction of sp³-hybridized carbons (Fsp3) is 0.0667. The van der Waals surface area contributed by atoms with Crippen molar-refractivity contribution in [2.75, 3.05) is 7.05 Å². The summed E-state index contributed by atoms with van der Waals surface area (Å²) < 4.78 is 0. The third kappa shape index (κ3) is 2.66. The van der Waals surface area contributed by atoms with Gasteiger partial charge in [0.2, 0.25) is 0 Å². The highest BCUT2D eigenvalue weighted by Gasteiger charge is 2.06. The van der Waals surface area contributed by atoms with Gasteiger partial charge in [0.05, 0.1) is 10.2 Å². The van der Waals surface area contributed by atoms with E-state index in [2.05, 4.69) is 66.0 Å². The largest absolute Gasteiger partial charge is 0.395 e. The Morgan fingerprint density at radius 2 is 1.24 bits per heavy atom. The van der Waals surface area contributed by atoms with Crippen molar-refractivity contribution in [1.29, 1.82) is 0 Å². The summed E-state index contributed by atoms with van der Waals surface area (Å²) in [6.45, 7) is 0. The van der Waals surface area contributed by atoms with E-state index in [1.54, 1.807) is 0 Å². The molecule has 17 heavy (non-hydrogen) atoms. The van der Waals surface area contributed by atoms with E-state index >= 15 is 0 Å². The van der Waals surface area contributed by atoms with Gasteiger partial charge >= 0.3 is 0 Å². The van der Waals surface area contributed by atoms with Gasteiger partial charge in [-0.1, -0.05) is 60.7 Å². The number of hydrogen-bond donors (Lipinski definition) is 1. The Morgan fingerprint density at radius 3 is 1.59 bits per heavy atom. The number of nitrogens with one attached hydrogen (secondary N) is 1. The van der Waals surface area contributed by atoms with E-state index in [1.165, 1.54) is 22.0 Å². The van der Waals surface area contributed by atoms with Crippen molar-refractivity contribution >= 4 is 15.8 Å². The van der Waals surface area contributed by atoms with Crippen molar-refractivity contribution in [1.82, 2.24) is 5.32 Å². The highest BCUT2D eigenvalue weighted by Crippen LogP contribution is 2.24. The molecule has 86 valence electrons. The fourth-order valence-corrected chi connectivity index (χ4v) is 2.51. The first-order valence-corrected chi connectivity index (χ1v) is 6.82. The fourth-order valence-electron chi connectivity index (χ4n) is 1.93. The molecule has 2 aromatic rings. The Bertz CT molecular complexity index is 461. The van der Waals surface area contributed by atoms with E-state index in [9.17, 15) is 0 Å². The first kappa shape index (κ1) is 11.7. The van der Waals surface area contributed by atoms with Crippen LogP contribution in [0.5, 0.6) is 0 Å². The summed E-state index contributed by atoms with van der Waals surface area (Å²) in [5, 5.41) is 4.63. The maximum atomic E-state index is 3.30. The number of benzene rings is 2. The molecule has 0 saturated heterocycles. The molecule has 0 spiro atoms. The predicted octanol–water partition coefficient (Wildman–Crippen LogP) is 1.99. The zero-order valence-electron chi connectivity index (χ0n) is 10.3. The molecule has 0 aromatic heterocycles. The van der Waals surface area contributed by atoms with Gasteiger partial charge in [0, 0.05) is 12.6 Å². The average Bonchev–Trinajstić information content (AvgIpc) is 2.41. The molecule has 1 nitrogen and oxygen atoms in total. The lowest BCUT2D eigenvalue weighted by molar-refractivity contribution is 1.07.